The summed E-state index contributed by atoms with van der Waals surface area (Å²) in [5, 5.41) is 0. The number of amides is 2. The molecule has 0 atom stereocenters. The summed E-state index contributed by atoms with van der Waals surface area (Å²) in [6, 6.07) is 15.6. The first-order valence-electron chi connectivity index (χ1n) is 9.49. The molecule has 2 aromatic rings. The number of carbonyl (C=O) groups is 2. The fourth-order valence-electron chi connectivity index (χ4n) is 3.42. The van der Waals surface area contributed by atoms with E-state index >= 15 is 0 Å². The topological polar surface area (TPSA) is 53.1 Å². The van der Waals surface area contributed by atoms with Gasteiger partial charge in [-0.2, -0.15) is 0 Å². The van der Waals surface area contributed by atoms with Gasteiger partial charge >= 0.3 is 0 Å². The Hall–Kier alpha value is -3.02. The number of carbonyl (C=O) groups excluding carboxylic acids is 2. The van der Waals surface area contributed by atoms with Gasteiger partial charge in [0.1, 0.15) is 12.3 Å². The molecule has 0 aliphatic carbocycles. The number of hydrogen-bond acceptors (Lipinski definition) is 4. The van der Waals surface area contributed by atoms with Crippen molar-refractivity contribution >= 4 is 23.2 Å². The molecule has 0 bridgehead atoms. The summed E-state index contributed by atoms with van der Waals surface area (Å²) in [7, 11) is 1.59. The molecule has 28 heavy (non-hydrogen) atoms. The van der Waals surface area contributed by atoms with Crippen LogP contribution in [0.2, 0.25) is 0 Å². The summed E-state index contributed by atoms with van der Waals surface area (Å²) in [6.45, 7) is 6.50. The highest BCUT2D eigenvalue weighted by atomic mass is 16.5. The first-order chi connectivity index (χ1) is 13.5. The van der Waals surface area contributed by atoms with Crippen LogP contribution in [0.15, 0.2) is 48.5 Å². The molecule has 0 spiro atoms. The second-order valence-corrected chi connectivity index (χ2v) is 7.01. The molecule has 6 nitrogen and oxygen atoms in total. The Morgan fingerprint density at radius 2 is 1.71 bits per heavy atom. The zero-order valence-corrected chi connectivity index (χ0v) is 16.7. The van der Waals surface area contributed by atoms with Gasteiger partial charge < -0.3 is 19.4 Å². The molecule has 0 radical (unpaired) electrons. The summed E-state index contributed by atoms with van der Waals surface area (Å²) >= 11 is 0. The van der Waals surface area contributed by atoms with Gasteiger partial charge in [-0.1, -0.05) is 12.1 Å². The monoisotopic (exact) mass is 381 g/mol. The van der Waals surface area contributed by atoms with Crippen LogP contribution in [0.1, 0.15) is 12.5 Å². The maximum atomic E-state index is 12.8. The number of benzene rings is 2. The fourth-order valence-corrected chi connectivity index (χ4v) is 3.42. The third-order valence-electron chi connectivity index (χ3n) is 5.06. The zero-order valence-electron chi connectivity index (χ0n) is 16.7. The maximum absolute atomic E-state index is 12.8. The molecule has 148 valence electrons. The molecule has 6 heteroatoms. The van der Waals surface area contributed by atoms with Crippen molar-refractivity contribution in [3.8, 4) is 5.75 Å². The Morgan fingerprint density at radius 3 is 2.29 bits per heavy atom. The van der Waals surface area contributed by atoms with Gasteiger partial charge in [0.2, 0.25) is 11.8 Å². The van der Waals surface area contributed by atoms with Gasteiger partial charge in [0, 0.05) is 44.5 Å². The van der Waals surface area contributed by atoms with E-state index in [-0.39, 0.29) is 18.4 Å². The highest BCUT2D eigenvalue weighted by Gasteiger charge is 2.24. The molecule has 1 saturated heterocycles. The molecular formula is C22H27N3O3. The summed E-state index contributed by atoms with van der Waals surface area (Å²) in [5.74, 6) is 0.526. The first kappa shape index (κ1) is 19.7. The van der Waals surface area contributed by atoms with E-state index in [1.54, 1.807) is 31.4 Å². The fraction of sp³-hybridized carbons (Fsp3) is 0.364. The van der Waals surface area contributed by atoms with Crippen LogP contribution < -0.4 is 14.5 Å². The molecule has 0 saturated carbocycles. The van der Waals surface area contributed by atoms with Crippen LogP contribution >= 0.6 is 0 Å². The molecule has 0 aromatic heterocycles. The predicted molar refractivity (Wildman–Crippen MR) is 111 cm³/mol. The van der Waals surface area contributed by atoms with Crippen LogP contribution in [0.3, 0.4) is 0 Å². The number of hydrogen-bond donors (Lipinski definition) is 0. The number of methoxy groups -OCH3 is 1. The minimum Gasteiger partial charge on any atom is -0.497 e. The predicted octanol–water partition coefficient (Wildman–Crippen LogP) is 2.71. The summed E-state index contributed by atoms with van der Waals surface area (Å²) in [4.78, 5) is 30.5. The number of ether oxygens (including phenoxy) is 1. The van der Waals surface area contributed by atoms with E-state index in [0.29, 0.717) is 24.5 Å². The van der Waals surface area contributed by atoms with Gasteiger partial charge in [-0.15, -0.1) is 0 Å². The largest absolute Gasteiger partial charge is 0.497 e. The van der Waals surface area contributed by atoms with E-state index in [2.05, 4.69) is 36.1 Å². The lowest BCUT2D eigenvalue weighted by Crippen LogP contribution is -2.51. The van der Waals surface area contributed by atoms with E-state index in [4.69, 9.17) is 4.74 Å². The van der Waals surface area contributed by atoms with Crippen LogP contribution in [0.5, 0.6) is 5.75 Å². The Labute approximate surface area is 166 Å². The average molecular weight is 381 g/mol. The van der Waals surface area contributed by atoms with Crippen molar-refractivity contribution in [1.29, 1.82) is 0 Å². The zero-order chi connectivity index (χ0) is 20.1. The normalized spacial score (nSPS) is 14.0. The van der Waals surface area contributed by atoms with Crippen molar-refractivity contribution in [3.05, 3.63) is 54.1 Å². The second kappa shape index (κ2) is 8.78. The smallest absolute Gasteiger partial charge is 0.242 e. The van der Waals surface area contributed by atoms with E-state index in [1.165, 1.54) is 23.1 Å². The van der Waals surface area contributed by atoms with Crippen molar-refractivity contribution in [2.24, 2.45) is 0 Å². The van der Waals surface area contributed by atoms with Gasteiger partial charge in [-0.3, -0.25) is 9.59 Å². The summed E-state index contributed by atoms with van der Waals surface area (Å²) < 4.78 is 5.16. The second-order valence-electron chi connectivity index (χ2n) is 7.01. The Kier molecular flexibility index (Phi) is 6.19. The van der Waals surface area contributed by atoms with Crippen LogP contribution in [0.4, 0.5) is 11.4 Å². The Morgan fingerprint density at radius 1 is 1.04 bits per heavy atom. The molecular weight excluding hydrogens is 354 g/mol. The molecule has 1 aliphatic rings. The lowest BCUT2D eigenvalue weighted by molar-refractivity contribution is -0.131. The van der Waals surface area contributed by atoms with Crippen LogP contribution in [0, 0.1) is 6.92 Å². The van der Waals surface area contributed by atoms with Crippen molar-refractivity contribution < 1.29 is 14.3 Å². The van der Waals surface area contributed by atoms with Crippen LogP contribution in [-0.4, -0.2) is 56.5 Å². The van der Waals surface area contributed by atoms with Gasteiger partial charge in [-0.05, 0) is 48.9 Å². The number of aryl methyl sites for hydroxylation is 1. The van der Waals surface area contributed by atoms with Crippen molar-refractivity contribution in [1.82, 2.24) is 4.90 Å². The summed E-state index contributed by atoms with van der Waals surface area (Å²) in [6.07, 6.45) is 0. The Balaban J connectivity index is 1.61. The van der Waals surface area contributed by atoms with Gasteiger partial charge in [0.25, 0.3) is 0 Å². The number of rotatable bonds is 5. The quantitative estimate of drug-likeness (QED) is 0.799. The minimum atomic E-state index is -0.156. The van der Waals surface area contributed by atoms with Gasteiger partial charge in [0.05, 0.1) is 7.11 Å². The van der Waals surface area contributed by atoms with Crippen LogP contribution in [0.25, 0.3) is 0 Å². The molecule has 1 aliphatic heterocycles. The highest BCUT2D eigenvalue weighted by Crippen LogP contribution is 2.21. The SMILES string of the molecule is COc1ccc(N(CC(=O)N2CCN(c3cccc(C)c3)CC2)C(C)=O)cc1. The lowest BCUT2D eigenvalue weighted by Gasteiger charge is -2.37. The number of piperazine rings is 1. The van der Waals surface area contributed by atoms with E-state index in [9.17, 15) is 9.59 Å². The molecule has 2 aromatic carbocycles. The number of nitrogens with zero attached hydrogens (tertiary/aromatic N) is 3. The molecule has 2 amide bonds. The average Bonchev–Trinajstić information content (AvgIpc) is 2.72. The van der Waals surface area contributed by atoms with Crippen molar-refractivity contribution in [2.45, 2.75) is 13.8 Å². The molecule has 0 N–H and O–H groups in total. The maximum Gasteiger partial charge on any atom is 0.242 e. The number of anilines is 2. The Bertz CT molecular complexity index is 827. The third-order valence-corrected chi connectivity index (χ3v) is 5.06. The van der Waals surface area contributed by atoms with Crippen molar-refractivity contribution in [2.75, 3.05) is 49.6 Å². The minimum absolute atomic E-state index is 0.0325. The van der Waals surface area contributed by atoms with E-state index in [0.717, 1.165) is 13.1 Å². The summed E-state index contributed by atoms with van der Waals surface area (Å²) in [5.41, 5.74) is 3.11. The third kappa shape index (κ3) is 4.63. The molecule has 1 fully saturated rings. The standard InChI is InChI=1S/C22H27N3O3/c1-17-5-4-6-20(15-17)23-11-13-24(14-12-23)22(27)16-25(18(2)26)19-7-9-21(28-3)10-8-19/h4-10,15H,11-14,16H2,1-3H3. The van der Waals surface area contributed by atoms with Gasteiger partial charge in [0.15, 0.2) is 0 Å². The van der Waals surface area contributed by atoms with Gasteiger partial charge in [-0.25, -0.2) is 0 Å². The lowest BCUT2D eigenvalue weighted by atomic mass is 10.2. The van der Waals surface area contributed by atoms with Crippen molar-refractivity contribution in [3.63, 3.8) is 0 Å². The molecule has 3 rings (SSSR count). The molecule has 0 unspecified atom stereocenters. The van der Waals surface area contributed by atoms with E-state index < -0.39 is 0 Å². The first-order valence-corrected chi connectivity index (χ1v) is 9.49. The molecule has 1 heterocycles. The van der Waals surface area contributed by atoms with Crippen LogP contribution in [-0.2, 0) is 9.59 Å². The van der Waals surface area contributed by atoms with E-state index in [1.807, 2.05) is 4.90 Å². The highest BCUT2D eigenvalue weighted by molar-refractivity contribution is 5.97.